The van der Waals surface area contributed by atoms with Crippen molar-refractivity contribution in [2.45, 2.75) is 39.4 Å². The smallest absolute Gasteiger partial charge is 0.251 e. The van der Waals surface area contributed by atoms with E-state index in [9.17, 15) is 4.79 Å². The summed E-state index contributed by atoms with van der Waals surface area (Å²) in [6, 6.07) is 6.53. The van der Waals surface area contributed by atoms with Crippen molar-refractivity contribution in [3.63, 3.8) is 0 Å². The number of fused-ring (bicyclic) bond motifs is 1. The Kier molecular flexibility index (Phi) is 5.15. The summed E-state index contributed by atoms with van der Waals surface area (Å²) in [7, 11) is 2.11. The van der Waals surface area contributed by atoms with Gasteiger partial charge in [-0.15, -0.1) is 0 Å². The predicted octanol–water partition coefficient (Wildman–Crippen LogP) is 1.75. The first kappa shape index (κ1) is 15.0. The molecule has 4 nitrogen and oxygen atoms in total. The van der Waals surface area contributed by atoms with Gasteiger partial charge in [0, 0.05) is 31.2 Å². The van der Waals surface area contributed by atoms with Crippen LogP contribution in [-0.4, -0.2) is 37.0 Å². The van der Waals surface area contributed by atoms with Crippen molar-refractivity contribution in [1.82, 2.24) is 15.5 Å². The van der Waals surface area contributed by atoms with Crippen LogP contribution in [0.25, 0.3) is 0 Å². The zero-order valence-corrected chi connectivity index (χ0v) is 12.7. The lowest BCUT2D eigenvalue weighted by molar-refractivity contribution is 0.0951. The molecule has 2 N–H and O–H groups in total. The van der Waals surface area contributed by atoms with E-state index in [4.69, 9.17) is 0 Å². The lowest BCUT2D eigenvalue weighted by Crippen LogP contribution is -2.31. The summed E-state index contributed by atoms with van der Waals surface area (Å²) in [4.78, 5) is 14.4. The van der Waals surface area contributed by atoms with Crippen LogP contribution in [-0.2, 0) is 13.1 Å². The van der Waals surface area contributed by atoms with Crippen molar-refractivity contribution in [3.05, 3.63) is 34.9 Å². The fraction of sp³-hybridized carbons (Fsp3) is 0.562. The molecule has 0 bridgehead atoms. The molecule has 0 saturated heterocycles. The molecule has 1 aromatic rings. The molecule has 1 aliphatic heterocycles. The Morgan fingerprint density at radius 2 is 2.10 bits per heavy atom. The van der Waals surface area contributed by atoms with Crippen LogP contribution in [0.2, 0.25) is 0 Å². The van der Waals surface area contributed by atoms with Gasteiger partial charge in [-0.1, -0.05) is 6.07 Å². The zero-order valence-electron chi connectivity index (χ0n) is 12.7. The number of nitrogens with zero attached hydrogens (tertiary/aromatic N) is 1. The van der Waals surface area contributed by atoms with Gasteiger partial charge >= 0.3 is 0 Å². The van der Waals surface area contributed by atoms with Gasteiger partial charge in [0.2, 0.25) is 0 Å². The van der Waals surface area contributed by atoms with Gasteiger partial charge in [-0.2, -0.15) is 0 Å². The normalized spacial score (nSPS) is 13.8. The highest BCUT2D eigenvalue weighted by Crippen LogP contribution is 2.16. The minimum Gasteiger partial charge on any atom is -0.352 e. The number of carbonyl (C=O) groups excluding carboxylic acids is 1. The molecule has 0 unspecified atom stereocenters. The third kappa shape index (κ3) is 3.81. The molecule has 110 valence electrons. The highest BCUT2D eigenvalue weighted by Gasteiger charge is 2.13. The summed E-state index contributed by atoms with van der Waals surface area (Å²) in [6.07, 6.45) is 0.979. The second kappa shape index (κ2) is 6.86. The Hall–Kier alpha value is -1.39. The Labute approximate surface area is 121 Å². The molecular formula is C16H25N3O. The van der Waals surface area contributed by atoms with E-state index < -0.39 is 0 Å². The molecular weight excluding hydrogens is 250 g/mol. The van der Waals surface area contributed by atoms with Crippen molar-refractivity contribution < 1.29 is 4.79 Å². The van der Waals surface area contributed by atoms with Crippen LogP contribution in [0.1, 0.15) is 41.8 Å². The van der Waals surface area contributed by atoms with Gasteiger partial charge < -0.3 is 15.5 Å². The van der Waals surface area contributed by atoms with E-state index >= 15 is 0 Å². The number of amides is 1. The molecule has 0 atom stereocenters. The van der Waals surface area contributed by atoms with Gasteiger partial charge in [-0.3, -0.25) is 4.79 Å². The summed E-state index contributed by atoms with van der Waals surface area (Å²) < 4.78 is 0. The third-order valence-electron chi connectivity index (χ3n) is 3.95. The van der Waals surface area contributed by atoms with E-state index in [-0.39, 0.29) is 5.91 Å². The second-order valence-corrected chi connectivity index (χ2v) is 5.77. The van der Waals surface area contributed by atoms with Gasteiger partial charge in [0.05, 0.1) is 0 Å². The minimum atomic E-state index is 0.0342. The van der Waals surface area contributed by atoms with E-state index in [0.717, 1.165) is 38.2 Å². The molecule has 0 aromatic heterocycles. The number of hydrogen-bond donors (Lipinski definition) is 2. The number of rotatable bonds is 6. The van der Waals surface area contributed by atoms with E-state index in [2.05, 4.69) is 42.5 Å². The van der Waals surface area contributed by atoms with Gasteiger partial charge in [0.1, 0.15) is 0 Å². The third-order valence-corrected chi connectivity index (χ3v) is 3.95. The molecule has 0 radical (unpaired) electrons. The monoisotopic (exact) mass is 275 g/mol. The molecule has 0 spiro atoms. The van der Waals surface area contributed by atoms with Gasteiger partial charge in [0.15, 0.2) is 0 Å². The van der Waals surface area contributed by atoms with Crippen molar-refractivity contribution in [2.75, 3.05) is 20.1 Å². The molecule has 20 heavy (non-hydrogen) atoms. The lowest BCUT2D eigenvalue weighted by Gasteiger charge is -2.20. The summed E-state index contributed by atoms with van der Waals surface area (Å²) in [5.74, 6) is 0.0342. The van der Waals surface area contributed by atoms with E-state index in [1.165, 1.54) is 11.1 Å². The van der Waals surface area contributed by atoms with Crippen LogP contribution >= 0.6 is 0 Å². The van der Waals surface area contributed by atoms with Gasteiger partial charge in [0.25, 0.3) is 5.91 Å². The van der Waals surface area contributed by atoms with Gasteiger partial charge in [-0.25, -0.2) is 0 Å². The molecule has 1 aromatic carbocycles. The highest BCUT2D eigenvalue weighted by molar-refractivity contribution is 5.94. The standard InChI is InChI=1S/C16H25N3O/c1-12(2)19(3)8-4-7-18-16(20)13-5-6-14-10-17-11-15(14)9-13/h5-6,9,12,17H,4,7-8,10-11H2,1-3H3,(H,18,20). The molecule has 0 aliphatic carbocycles. The van der Waals surface area contributed by atoms with E-state index in [1.807, 2.05) is 12.1 Å². The predicted molar refractivity (Wildman–Crippen MR) is 81.7 cm³/mol. The number of nitrogens with one attached hydrogen (secondary N) is 2. The fourth-order valence-electron chi connectivity index (χ4n) is 2.33. The largest absolute Gasteiger partial charge is 0.352 e. The highest BCUT2D eigenvalue weighted by atomic mass is 16.1. The first-order chi connectivity index (χ1) is 9.58. The van der Waals surface area contributed by atoms with Crippen LogP contribution in [0, 0.1) is 0 Å². The average Bonchev–Trinajstić information content (AvgIpc) is 2.90. The lowest BCUT2D eigenvalue weighted by atomic mass is 10.1. The van der Waals surface area contributed by atoms with Gasteiger partial charge in [-0.05, 0) is 57.1 Å². The Bertz CT molecular complexity index is 471. The molecule has 0 fully saturated rings. The molecule has 4 heteroatoms. The van der Waals surface area contributed by atoms with Crippen molar-refractivity contribution in [1.29, 1.82) is 0 Å². The summed E-state index contributed by atoms with van der Waals surface area (Å²) in [6.45, 7) is 7.88. The second-order valence-electron chi connectivity index (χ2n) is 5.77. The molecule has 1 heterocycles. The first-order valence-electron chi connectivity index (χ1n) is 7.39. The Morgan fingerprint density at radius 3 is 2.85 bits per heavy atom. The number of carbonyl (C=O) groups is 1. The van der Waals surface area contributed by atoms with Crippen LogP contribution in [0.4, 0.5) is 0 Å². The van der Waals surface area contributed by atoms with Crippen LogP contribution < -0.4 is 10.6 Å². The SMILES string of the molecule is CC(C)N(C)CCCNC(=O)c1ccc2c(c1)CNC2. The maximum Gasteiger partial charge on any atom is 0.251 e. The molecule has 2 rings (SSSR count). The summed E-state index contributed by atoms with van der Waals surface area (Å²) >= 11 is 0. The Morgan fingerprint density at radius 1 is 1.35 bits per heavy atom. The zero-order chi connectivity index (χ0) is 14.5. The molecule has 0 saturated carbocycles. The summed E-state index contributed by atoms with van der Waals surface area (Å²) in [5, 5.41) is 6.29. The quantitative estimate of drug-likeness (QED) is 0.777. The van der Waals surface area contributed by atoms with E-state index in [1.54, 1.807) is 0 Å². The van der Waals surface area contributed by atoms with Crippen molar-refractivity contribution >= 4 is 5.91 Å². The molecule has 1 aliphatic rings. The van der Waals surface area contributed by atoms with Crippen LogP contribution in [0.3, 0.4) is 0 Å². The first-order valence-corrected chi connectivity index (χ1v) is 7.39. The Balaban J connectivity index is 1.78. The number of hydrogen-bond acceptors (Lipinski definition) is 3. The minimum absolute atomic E-state index is 0.0342. The van der Waals surface area contributed by atoms with Crippen LogP contribution in [0.15, 0.2) is 18.2 Å². The van der Waals surface area contributed by atoms with E-state index in [0.29, 0.717) is 6.04 Å². The topological polar surface area (TPSA) is 44.4 Å². The van der Waals surface area contributed by atoms with Crippen molar-refractivity contribution in [2.24, 2.45) is 0 Å². The maximum absolute atomic E-state index is 12.1. The maximum atomic E-state index is 12.1. The average molecular weight is 275 g/mol. The summed E-state index contributed by atoms with van der Waals surface area (Å²) in [5.41, 5.74) is 3.32. The van der Waals surface area contributed by atoms with Crippen molar-refractivity contribution in [3.8, 4) is 0 Å². The number of benzene rings is 1. The fourth-order valence-corrected chi connectivity index (χ4v) is 2.33. The van der Waals surface area contributed by atoms with Crippen LogP contribution in [0.5, 0.6) is 0 Å². The molecule has 1 amide bonds.